The van der Waals surface area contributed by atoms with E-state index in [2.05, 4.69) is 11.0 Å². The van der Waals surface area contributed by atoms with Gasteiger partial charge in [0.15, 0.2) is 0 Å². The van der Waals surface area contributed by atoms with Gasteiger partial charge in [0.05, 0.1) is 16.7 Å². The van der Waals surface area contributed by atoms with Crippen LogP contribution in [0.3, 0.4) is 0 Å². The molecule has 1 aliphatic heterocycles. The Bertz CT molecular complexity index is 955. The Hall–Kier alpha value is -1.53. The van der Waals surface area contributed by atoms with Crippen molar-refractivity contribution in [3.05, 3.63) is 74.3 Å². The molecule has 0 saturated heterocycles. The van der Waals surface area contributed by atoms with E-state index in [4.69, 9.17) is 23.2 Å². The molecule has 4 rings (SSSR count). The molecule has 1 atom stereocenters. The number of hydrogen-bond acceptors (Lipinski definition) is 2. The third kappa shape index (κ3) is 3.81. The minimum atomic E-state index is -4.50. The van der Waals surface area contributed by atoms with Gasteiger partial charge in [0.2, 0.25) is 0 Å². The molecule has 28 heavy (non-hydrogen) atoms. The molecule has 2 aliphatic rings. The number of aliphatic hydroxyl groups is 1. The van der Waals surface area contributed by atoms with Crippen LogP contribution in [0.5, 0.6) is 0 Å². The topological polar surface area (TPSA) is 23.5 Å². The predicted octanol–water partition coefficient (Wildman–Crippen LogP) is 5.76. The summed E-state index contributed by atoms with van der Waals surface area (Å²) in [6.07, 6.45) is -3.67. The molecule has 0 bridgehead atoms. The maximum Gasteiger partial charge on any atom is 0.417 e. The van der Waals surface area contributed by atoms with Crippen LogP contribution in [-0.2, 0) is 12.6 Å². The van der Waals surface area contributed by atoms with Crippen molar-refractivity contribution < 1.29 is 18.3 Å². The number of hydrogen-bond donors (Lipinski definition) is 1. The molecule has 1 unspecified atom stereocenters. The molecule has 1 N–H and O–H groups in total. The second kappa shape index (κ2) is 7.38. The van der Waals surface area contributed by atoms with Gasteiger partial charge in [-0.2, -0.15) is 13.2 Å². The molecule has 0 saturated carbocycles. The van der Waals surface area contributed by atoms with Crippen molar-refractivity contribution in [2.75, 3.05) is 19.6 Å². The van der Waals surface area contributed by atoms with Crippen molar-refractivity contribution in [2.24, 2.45) is 0 Å². The van der Waals surface area contributed by atoms with Crippen LogP contribution in [0.2, 0.25) is 10.0 Å². The van der Waals surface area contributed by atoms with E-state index in [0.29, 0.717) is 12.1 Å². The average Bonchev–Trinajstić information content (AvgIpc) is 2.97. The second-order valence-electron chi connectivity index (χ2n) is 7.30. The third-order valence-electron chi connectivity index (χ3n) is 5.43. The summed E-state index contributed by atoms with van der Waals surface area (Å²) in [5.74, 6) is 0. The minimum absolute atomic E-state index is 0.343. The summed E-state index contributed by atoms with van der Waals surface area (Å²) in [5, 5.41) is 10.9. The fourth-order valence-corrected chi connectivity index (χ4v) is 4.54. The molecule has 1 aliphatic carbocycles. The third-order valence-corrected chi connectivity index (χ3v) is 5.98. The molecule has 0 aromatic heterocycles. The summed E-state index contributed by atoms with van der Waals surface area (Å²) in [4.78, 5) is 2.13. The molecule has 0 fully saturated rings. The molecular formula is C21H18Cl2F3NO. The predicted molar refractivity (Wildman–Crippen MR) is 105 cm³/mol. The lowest BCUT2D eigenvalue weighted by Crippen LogP contribution is -2.34. The Kier molecular flexibility index (Phi) is 5.21. The van der Waals surface area contributed by atoms with Crippen LogP contribution in [0.15, 0.2) is 42.0 Å². The van der Waals surface area contributed by atoms with Crippen LogP contribution in [0.4, 0.5) is 13.2 Å². The second-order valence-corrected chi connectivity index (χ2v) is 8.14. The van der Waals surface area contributed by atoms with E-state index >= 15 is 0 Å². The van der Waals surface area contributed by atoms with Crippen LogP contribution in [0.1, 0.15) is 34.8 Å². The van der Waals surface area contributed by atoms with Gasteiger partial charge in [0, 0.05) is 24.7 Å². The molecule has 0 amide bonds. The highest BCUT2D eigenvalue weighted by Gasteiger charge is 2.33. The van der Waals surface area contributed by atoms with E-state index in [1.807, 2.05) is 12.1 Å². The first-order chi connectivity index (χ1) is 13.2. The van der Waals surface area contributed by atoms with Crippen molar-refractivity contribution in [3.63, 3.8) is 0 Å². The first-order valence-electron chi connectivity index (χ1n) is 8.99. The summed E-state index contributed by atoms with van der Waals surface area (Å²) >= 11 is 11.9. The standard InChI is InChI=1S/C21H18Cl2F3NO/c22-15-3-1-12-7-14-10-27(6-5-16(14)17(12)9-15)11-20(28)13-2-4-18(19(23)8-13)21(24,25)26/h1-4,8-9,20,28H,5-7,10-11H2. The number of nitrogens with zero attached hydrogens (tertiary/aromatic N) is 1. The van der Waals surface area contributed by atoms with Crippen molar-refractivity contribution in [3.8, 4) is 0 Å². The Morgan fingerprint density at radius 2 is 1.89 bits per heavy atom. The average molecular weight is 428 g/mol. The van der Waals surface area contributed by atoms with Gasteiger partial charge in [0.25, 0.3) is 0 Å². The number of fused-ring (bicyclic) bond motifs is 2. The Balaban J connectivity index is 1.45. The van der Waals surface area contributed by atoms with Crippen molar-refractivity contribution >= 4 is 28.8 Å². The lowest BCUT2D eigenvalue weighted by atomic mass is 9.98. The van der Waals surface area contributed by atoms with Crippen molar-refractivity contribution in [1.29, 1.82) is 0 Å². The largest absolute Gasteiger partial charge is 0.417 e. The van der Waals surface area contributed by atoms with Gasteiger partial charge in [-0.1, -0.05) is 35.3 Å². The van der Waals surface area contributed by atoms with Crippen molar-refractivity contribution in [2.45, 2.75) is 25.1 Å². The Morgan fingerprint density at radius 1 is 1.11 bits per heavy atom. The van der Waals surface area contributed by atoms with Gasteiger partial charge >= 0.3 is 6.18 Å². The summed E-state index contributed by atoms with van der Waals surface area (Å²) in [7, 11) is 0. The smallest absolute Gasteiger partial charge is 0.387 e. The summed E-state index contributed by atoms with van der Waals surface area (Å²) in [6, 6.07) is 9.38. The zero-order chi connectivity index (χ0) is 20.1. The number of benzene rings is 2. The summed E-state index contributed by atoms with van der Waals surface area (Å²) < 4.78 is 38.5. The number of aliphatic hydroxyl groups excluding tert-OH is 1. The highest BCUT2D eigenvalue weighted by atomic mass is 35.5. The van der Waals surface area contributed by atoms with Crippen molar-refractivity contribution in [1.82, 2.24) is 4.90 Å². The van der Waals surface area contributed by atoms with E-state index in [1.54, 1.807) is 0 Å². The van der Waals surface area contributed by atoms with Crippen LogP contribution >= 0.6 is 23.2 Å². The van der Waals surface area contributed by atoms with Crippen LogP contribution in [0.25, 0.3) is 5.57 Å². The maximum absolute atomic E-state index is 12.8. The Labute approximate surface area is 171 Å². The van der Waals surface area contributed by atoms with E-state index in [0.717, 1.165) is 37.0 Å². The molecule has 2 aromatic carbocycles. The molecule has 2 aromatic rings. The molecule has 2 nitrogen and oxygen atoms in total. The zero-order valence-electron chi connectivity index (χ0n) is 14.9. The van der Waals surface area contributed by atoms with Crippen LogP contribution in [-0.4, -0.2) is 29.6 Å². The fourth-order valence-electron chi connectivity index (χ4n) is 4.07. The summed E-state index contributed by atoms with van der Waals surface area (Å²) in [5.41, 5.74) is 4.64. The quantitative estimate of drug-likeness (QED) is 0.672. The highest BCUT2D eigenvalue weighted by Crippen LogP contribution is 2.40. The SMILES string of the molecule is OC(CN1CCC2=C(Cc3ccc(Cl)cc32)C1)c1ccc(C(F)(F)F)c(Cl)c1. The van der Waals surface area contributed by atoms with Gasteiger partial charge in [-0.25, -0.2) is 0 Å². The monoisotopic (exact) mass is 427 g/mol. The van der Waals surface area contributed by atoms with Gasteiger partial charge in [-0.3, -0.25) is 4.90 Å². The van der Waals surface area contributed by atoms with E-state index in [1.165, 1.54) is 34.4 Å². The minimum Gasteiger partial charge on any atom is -0.387 e. The molecule has 1 heterocycles. The van der Waals surface area contributed by atoms with Crippen LogP contribution in [0, 0.1) is 0 Å². The first-order valence-corrected chi connectivity index (χ1v) is 9.74. The molecule has 148 valence electrons. The molecule has 7 heteroatoms. The Morgan fingerprint density at radius 3 is 2.61 bits per heavy atom. The van der Waals surface area contributed by atoms with Crippen LogP contribution < -0.4 is 0 Å². The van der Waals surface area contributed by atoms with E-state index in [-0.39, 0.29) is 0 Å². The molecule has 0 spiro atoms. The number of β-amino-alcohol motifs (C(OH)–C–C–N with tert-alkyl or cyclic N) is 1. The van der Waals surface area contributed by atoms with E-state index in [9.17, 15) is 18.3 Å². The lowest BCUT2D eigenvalue weighted by molar-refractivity contribution is -0.137. The molecular weight excluding hydrogens is 410 g/mol. The van der Waals surface area contributed by atoms with Gasteiger partial charge in [0.1, 0.15) is 0 Å². The number of rotatable bonds is 3. The number of halogens is 5. The summed E-state index contributed by atoms with van der Waals surface area (Å²) in [6.45, 7) is 1.85. The van der Waals surface area contributed by atoms with Gasteiger partial charge in [-0.15, -0.1) is 0 Å². The fraction of sp³-hybridized carbons (Fsp3) is 0.333. The lowest BCUT2D eigenvalue weighted by Gasteiger charge is -2.30. The normalized spacial score (nSPS) is 18.2. The molecule has 0 radical (unpaired) electrons. The zero-order valence-corrected chi connectivity index (χ0v) is 16.4. The number of alkyl halides is 3. The van der Waals surface area contributed by atoms with E-state index < -0.39 is 22.9 Å². The first kappa shape index (κ1) is 19.8. The van der Waals surface area contributed by atoms with Gasteiger partial charge < -0.3 is 5.11 Å². The maximum atomic E-state index is 12.8. The highest BCUT2D eigenvalue weighted by molar-refractivity contribution is 6.31. The van der Waals surface area contributed by atoms with Gasteiger partial charge in [-0.05, 0) is 64.9 Å².